The van der Waals surface area contributed by atoms with Gasteiger partial charge in [0.2, 0.25) is 0 Å². The van der Waals surface area contributed by atoms with Crippen molar-refractivity contribution in [2.75, 3.05) is 0 Å². The number of aryl methyl sites for hydroxylation is 1. The molecule has 102 valence electrons. The fourth-order valence-corrected chi connectivity index (χ4v) is 3.56. The summed E-state index contributed by atoms with van der Waals surface area (Å²) >= 11 is 0. The van der Waals surface area contributed by atoms with Gasteiger partial charge in [-0.1, -0.05) is 47.6 Å². The van der Waals surface area contributed by atoms with E-state index in [9.17, 15) is 5.11 Å². The minimum absolute atomic E-state index is 0.258. The Balaban J connectivity index is 0.000000771. The number of rotatable bonds is 2. The Hall–Kier alpha value is -0.980. The van der Waals surface area contributed by atoms with Gasteiger partial charge < -0.3 is 5.11 Å². The molecule has 0 aromatic heterocycles. The number of hydrogen-bond donors (Lipinski definition) is 1. The van der Waals surface area contributed by atoms with Gasteiger partial charge in [-0.2, -0.15) is 0 Å². The highest BCUT2D eigenvalue weighted by Crippen LogP contribution is 2.50. The van der Waals surface area contributed by atoms with Crippen molar-refractivity contribution in [1.29, 1.82) is 0 Å². The van der Waals surface area contributed by atoms with E-state index in [1.807, 2.05) is 26.0 Å². The molecule has 0 atom stereocenters. The van der Waals surface area contributed by atoms with Crippen molar-refractivity contribution in [3.8, 4) is 5.75 Å². The summed E-state index contributed by atoms with van der Waals surface area (Å²) in [5.41, 5.74) is 3.08. The maximum atomic E-state index is 9.69. The molecule has 0 amide bonds. The van der Waals surface area contributed by atoms with Gasteiger partial charge in [0.25, 0.3) is 0 Å². The van der Waals surface area contributed by atoms with Gasteiger partial charge in [0.1, 0.15) is 5.75 Å². The van der Waals surface area contributed by atoms with Crippen molar-refractivity contribution in [3.05, 3.63) is 29.3 Å². The van der Waals surface area contributed by atoms with E-state index >= 15 is 0 Å². The summed E-state index contributed by atoms with van der Waals surface area (Å²) in [6.45, 7) is 13.2. The van der Waals surface area contributed by atoms with Crippen LogP contribution in [0.4, 0.5) is 0 Å². The molecule has 0 bridgehead atoms. The Morgan fingerprint density at radius 2 is 1.61 bits per heavy atom. The topological polar surface area (TPSA) is 20.2 Å². The summed E-state index contributed by atoms with van der Waals surface area (Å²) in [6, 6.07) is 5.90. The molecule has 0 saturated heterocycles. The molecule has 1 aliphatic carbocycles. The van der Waals surface area contributed by atoms with Gasteiger partial charge in [-0.25, -0.2) is 0 Å². The molecule has 0 fully saturated rings. The van der Waals surface area contributed by atoms with Crippen molar-refractivity contribution in [1.82, 2.24) is 0 Å². The van der Waals surface area contributed by atoms with Gasteiger partial charge in [-0.05, 0) is 47.9 Å². The molecule has 1 aromatic rings. The fourth-order valence-electron chi connectivity index (χ4n) is 3.56. The number of aromatic hydroxyl groups is 1. The lowest BCUT2D eigenvalue weighted by atomic mass is 9.65. The first-order chi connectivity index (χ1) is 8.48. The quantitative estimate of drug-likeness (QED) is 0.788. The molecule has 0 heterocycles. The van der Waals surface area contributed by atoms with Crippen molar-refractivity contribution >= 4 is 0 Å². The number of benzene rings is 1. The minimum Gasteiger partial charge on any atom is -0.508 e. The molecular formula is C17H28O. The normalized spacial score (nSPS) is 16.4. The van der Waals surface area contributed by atoms with Crippen LogP contribution in [0.2, 0.25) is 0 Å². The SMILES string of the molecule is CC.CC(C)C1(C(C)C)CCc2ccc(O)cc21. The smallest absolute Gasteiger partial charge is 0.115 e. The molecule has 1 N–H and O–H groups in total. The van der Waals surface area contributed by atoms with Crippen molar-refractivity contribution in [2.24, 2.45) is 11.8 Å². The summed E-state index contributed by atoms with van der Waals surface area (Å²) in [4.78, 5) is 0. The van der Waals surface area contributed by atoms with E-state index < -0.39 is 0 Å². The predicted octanol–water partition coefficient (Wildman–Crippen LogP) is 4.91. The molecule has 0 saturated carbocycles. The molecule has 1 heteroatoms. The second-order valence-electron chi connectivity index (χ2n) is 5.69. The van der Waals surface area contributed by atoms with Crippen LogP contribution in [0.5, 0.6) is 5.75 Å². The molecule has 1 nitrogen and oxygen atoms in total. The minimum atomic E-state index is 0.258. The van der Waals surface area contributed by atoms with Crippen molar-refractivity contribution < 1.29 is 5.11 Å². The summed E-state index contributed by atoms with van der Waals surface area (Å²) in [7, 11) is 0. The Kier molecular flexibility index (Phi) is 4.84. The van der Waals surface area contributed by atoms with E-state index in [0.29, 0.717) is 17.6 Å². The first kappa shape index (κ1) is 15.1. The van der Waals surface area contributed by atoms with Gasteiger partial charge in [0.15, 0.2) is 0 Å². The Labute approximate surface area is 112 Å². The maximum absolute atomic E-state index is 9.69. The molecule has 0 unspecified atom stereocenters. The standard InChI is InChI=1S/C15H22O.C2H6/c1-10(2)15(11(3)4)8-7-12-5-6-13(16)9-14(12)15;1-2/h5-6,9-11,16H,7-8H2,1-4H3;1-2H3. The molecule has 0 aliphatic heterocycles. The molecule has 0 radical (unpaired) electrons. The van der Waals surface area contributed by atoms with Crippen LogP contribution in [-0.2, 0) is 11.8 Å². The molecule has 2 rings (SSSR count). The molecule has 0 spiro atoms. The maximum Gasteiger partial charge on any atom is 0.115 e. The van der Waals surface area contributed by atoms with Crippen LogP contribution in [0.1, 0.15) is 59.1 Å². The van der Waals surface area contributed by atoms with Crippen molar-refractivity contribution in [2.45, 2.75) is 59.8 Å². The van der Waals surface area contributed by atoms with E-state index in [1.54, 1.807) is 0 Å². The highest BCUT2D eigenvalue weighted by molar-refractivity contribution is 5.44. The monoisotopic (exact) mass is 248 g/mol. The van der Waals surface area contributed by atoms with Crippen LogP contribution >= 0.6 is 0 Å². The van der Waals surface area contributed by atoms with Crippen molar-refractivity contribution in [3.63, 3.8) is 0 Å². The third-order valence-electron chi connectivity index (χ3n) is 4.46. The number of phenols is 1. The fraction of sp³-hybridized carbons (Fsp3) is 0.647. The lowest BCUT2D eigenvalue weighted by Gasteiger charge is -2.39. The van der Waals surface area contributed by atoms with Crippen LogP contribution in [0.3, 0.4) is 0 Å². The second-order valence-corrected chi connectivity index (χ2v) is 5.69. The van der Waals surface area contributed by atoms with Gasteiger partial charge in [-0.15, -0.1) is 0 Å². The zero-order chi connectivity index (χ0) is 13.9. The first-order valence-electron chi connectivity index (χ1n) is 7.31. The van der Waals surface area contributed by atoms with Gasteiger partial charge in [0.05, 0.1) is 0 Å². The number of fused-ring (bicyclic) bond motifs is 1. The van der Waals surface area contributed by atoms with Crippen LogP contribution in [0, 0.1) is 11.8 Å². The lowest BCUT2D eigenvalue weighted by molar-refractivity contribution is 0.218. The highest BCUT2D eigenvalue weighted by Gasteiger charge is 2.43. The predicted molar refractivity (Wildman–Crippen MR) is 79.1 cm³/mol. The average Bonchev–Trinajstić information content (AvgIpc) is 2.71. The highest BCUT2D eigenvalue weighted by atomic mass is 16.3. The summed E-state index contributed by atoms with van der Waals surface area (Å²) < 4.78 is 0. The summed E-state index contributed by atoms with van der Waals surface area (Å²) in [5, 5.41) is 9.69. The second kappa shape index (κ2) is 5.77. The van der Waals surface area contributed by atoms with Gasteiger partial charge >= 0.3 is 0 Å². The molecule has 1 aromatic carbocycles. The Bertz CT molecular complexity index is 383. The third-order valence-corrected chi connectivity index (χ3v) is 4.46. The summed E-state index contributed by atoms with van der Waals surface area (Å²) in [6.07, 6.45) is 2.38. The Morgan fingerprint density at radius 3 is 2.11 bits per heavy atom. The molecule has 18 heavy (non-hydrogen) atoms. The lowest BCUT2D eigenvalue weighted by Crippen LogP contribution is -2.35. The van der Waals surface area contributed by atoms with E-state index in [4.69, 9.17) is 0 Å². The first-order valence-corrected chi connectivity index (χ1v) is 7.31. The van der Waals surface area contributed by atoms with Crippen LogP contribution in [0.15, 0.2) is 18.2 Å². The van der Waals surface area contributed by atoms with Crippen LogP contribution < -0.4 is 0 Å². The zero-order valence-corrected chi connectivity index (χ0v) is 12.7. The number of hydrogen-bond acceptors (Lipinski definition) is 1. The molecular weight excluding hydrogens is 220 g/mol. The van der Waals surface area contributed by atoms with E-state index in [-0.39, 0.29) is 5.41 Å². The zero-order valence-electron chi connectivity index (χ0n) is 12.7. The average molecular weight is 248 g/mol. The van der Waals surface area contributed by atoms with E-state index in [1.165, 1.54) is 17.5 Å². The van der Waals surface area contributed by atoms with E-state index in [0.717, 1.165) is 6.42 Å². The number of phenolic OH excluding ortho intramolecular Hbond substituents is 1. The Morgan fingerprint density at radius 1 is 1.06 bits per heavy atom. The van der Waals surface area contributed by atoms with Gasteiger partial charge in [-0.3, -0.25) is 0 Å². The third kappa shape index (κ3) is 2.28. The van der Waals surface area contributed by atoms with Crippen LogP contribution in [0.25, 0.3) is 0 Å². The largest absolute Gasteiger partial charge is 0.508 e. The van der Waals surface area contributed by atoms with Gasteiger partial charge in [0, 0.05) is 5.41 Å². The van der Waals surface area contributed by atoms with Crippen LogP contribution in [-0.4, -0.2) is 5.11 Å². The molecule has 1 aliphatic rings. The van der Waals surface area contributed by atoms with E-state index in [2.05, 4.69) is 33.8 Å². The summed E-state index contributed by atoms with van der Waals surface area (Å²) in [5.74, 6) is 1.65.